The molecule has 1 aromatic carbocycles. The molecule has 1 aromatic rings. The van der Waals surface area contributed by atoms with E-state index < -0.39 is 0 Å². The van der Waals surface area contributed by atoms with Crippen molar-refractivity contribution in [1.29, 1.82) is 0 Å². The highest BCUT2D eigenvalue weighted by Crippen LogP contribution is 2.39. The largest absolute Gasteiger partial charge is 0.493 e. The van der Waals surface area contributed by atoms with E-state index in [0.717, 1.165) is 57.0 Å². The van der Waals surface area contributed by atoms with Crippen molar-refractivity contribution in [2.45, 2.75) is 38.6 Å². The zero-order valence-electron chi connectivity index (χ0n) is 19.4. The third-order valence-corrected chi connectivity index (χ3v) is 6.45. The molecule has 0 saturated carbocycles. The summed E-state index contributed by atoms with van der Waals surface area (Å²) in [5.74, 6) is 2.25. The summed E-state index contributed by atoms with van der Waals surface area (Å²) in [7, 11) is 4.94. The van der Waals surface area contributed by atoms with Crippen LogP contribution in [0.1, 0.15) is 37.7 Å². The van der Waals surface area contributed by atoms with Crippen molar-refractivity contribution in [1.82, 2.24) is 5.32 Å². The van der Waals surface area contributed by atoms with Crippen LogP contribution in [0.15, 0.2) is 23.8 Å². The molecule has 3 rings (SSSR count). The van der Waals surface area contributed by atoms with Gasteiger partial charge in [0.1, 0.15) is 32.7 Å². The second-order valence-electron chi connectivity index (χ2n) is 8.56. The molecule has 31 heavy (non-hydrogen) atoms. The summed E-state index contributed by atoms with van der Waals surface area (Å²) < 4.78 is 16.5. The maximum Gasteiger partial charge on any atom is 0.275 e. The minimum Gasteiger partial charge on any atom is -0.493 e. The number of nitrogens with one attached hydrogen (secondary N) is 3. The predicted octanol–water partition coefficient (Wildman–Crippen LogP) is 0.00250. The fraction of sp³-hybridized carbons (Fsp3) is 0.625. The Labute approximate surface area is 186 Å². The molecule has 3 N–H and O–H groups in total. The number of rotatable bonds is 10. The first-order valence-corrected chi connectivity index (χ1v) is 11.5. The lowest BCUT2D eigenvalue weighted by Crippen LogP contribution is -3.28. The molecule has 0 aromatic heterocycles. The molecule has 0 radical (unpaired) electrons. The minimum atomic E-state index is 0.177. The first kappa shape index (κ1) is 23.4. The van der Waals surface area contributed by atoms with Crippen molar-refractivity contribution < 1.29 is 28.8 Å². The zero-order valence-corrected chi connectivity index (χ0v) is 19.4. The van der Waals surface area contributed by atoms with Gasteiger partial charge in [0.05, 0.1) is 26.9 Å². The summed E-state index contributed by atoms with van der Waals surface area (Å²) in [5, 5.41) is 3.12. The minimum absolute atomic E-state index is 0.177. The fourth-order valence-electron chi connectivity index (χ4n) is 4.67. The molecule has 1 amide bonds. The van der Waals surface area contributed by atoms with E-state index in [1.54, 1.807) is 21.3 Å². The standard InChI is InChI=1S/C24H37N3O4/c1-29-21-10-9-20(23(30-2)24(21)31-3)17-26-13-15-27(16-14-26)18-22(28)25-12-11-19-7-5-4-6-8-19/h7,9-10H,4-6,8,11-18H2,1-3H3,(H,25,28)/p+2. The lowest BCUT2D eigenvalue weighted by Gasteiger charge is -2.30. The Bertz CT molecular complexity index is 757. The average Bonchev–Trinajstić information content (AvgIpc) is 2.80. The second kappa shape index (κ2) is 12.0. The highest BCUT2D eigenvalue weighted by atomic mass is 16.5. The molecule has 172 valence electrons. The van der Waals surface area contributed by atoms with Crippen LogP contribution in [0, 0.1) is 0 Å². The van der Waals surface area contributed by atoms with E-state index in [-0.39, 0.29) is 5.91 Å². The molecular formula is C24H39N3O4+2. The Hall–Kier alpha value is -2.25. The normalized spacial score (nSPS) is 21.2. The number of ether oxygens (including phenoxy) is 3. The summed E-state index contributed by atoms with van der Waals surface area (Å²) in [4.78, 5) is 15.2. The highest BCUT2D eigenvalue weighted by molar-refractivity contribution is 5.76. The molecule has 1 saturated heterocycles. The van der Waals surface area contributed by atoms with Gasteiger partial charge in [0.2, 0.25) is 5.75 Å². The van der Waals surface area contributed by atoms with E-state index in [9.17, 15) is 4.79 Å². The van der Waals surface area contributed by atoms with Crippen LogP contribution >= 0.6 is 0 Å². The van der Waals surface area contributed by atoms with Crippen molar-refractivity contribution in [2.75, 3.05) is 60.6 Å². The Kier molecular flexibility index (Phi) is 9.03. The zero-order chi connectivity index (χ0) is 22.1. The highest BCUT2D eigenvalue weighted by Gasteiger charge is 2.27. The molecule has 1 heterocycles. The van der Waals surface area contributed by atoms with Crippen LogP contribution in [-0.4, -0.2) is 66.5 Å². The van der Waals surface area contributed by atoms with Crippen LogP contribution in [0.25, 0.3) is 0 Å². The van der Waals surface area contributed by atoms with Gasteiger partial charge in [0, 0.05) is 6.54 Å². The molecule has 1 aliphatic heterocycles. The van der Waals surface area contributed by atoms with Gasteiger partial charge in [-0.05, 0) is 44.2 Å². The van der Waals surface area contributed by atoms with Crippen LogP contribution in [0.3, 0.4) is 0 Å². The van der Waals surface area contributed by atoms with E-state index in [1.807, 2.05) is 6.07 Å². The topological polar surface area (TPSA) is 65.7 Å². The molecule has 7 nitrogen and oxygen atoms in total. The van der Waals surface area contributed by atoms with Crippen LogP contribution in [-0.2, 0) is 11.3 Å². The Balaban J connectivity index is 1.42. The lowest BCUT2D eigenvalue weighted by molar-refractivity contribution is -1.02. The lowest BCUT2D eigenvalue weighted by atomic mass is 9.97. The Morgan fingerprint density at radius 2 is 1.71 bits per heavy atom. The van der Waals surface area contributed by atoms with Crippen molar-refractivity contribution in [2.24, 2.45) is 0 Å². The summed E-state index contributed by atoms with van der Waals surface area (Å²) in [6.07, 6.45) is 8.38. The van der Waals surface area contributed by atoms with Crippen LogP contribution in [0.5, 0.6) is 17.2 Å². The van der Waals surface area contributed by atoms with Gasteiger partial charge >= 0.3 is 0 Å². The first-order valence-electron chi connectivity index (χ1n) is 11.5. The van der Waals surface area contributed by atoms with E-state index in [2.05, 4.69) is 17.5 Å². The van der Waals surface area contributed by atoms with Crippen molar-refractivity contribution >= 4 is 5.91 Å². The van der Waals surface area contributed by atoms with Gasteiger partial charge in [-0.25, -0.2) is 0 Å². The second-order valence-corrected chi connectivity index (χ2v) is 8.56. The molecule has 2 aliphatic rings. The number of methoxy groups -OCH3 is 3. The van der Waals surface area contributed by atoms with E-state index in [1.165, 1.54) is 41.1 Å². The number of amides is 1. The van der Waals surface area contributed by atoms with Crippen molar-refractivity contribution in [3.63, 3.8) is 0 Å². The molecule has 7 heteroatoms. The number of carbonyl (C=O) groups excluding carboxylic acids is 1. The summed E-state index contributed by atoms with van der Waals surface area (Å²) in [6.45, 7) is 6.30. The Morgan fingerprint density at radius 1 is 0.968 bits per heavy atom. The van der Waals surface area contributed by atoms with Gasteiger partial charge in [-0.2, -0.15) is 0 Å². The van der Waals surface area contributed by atoms with Crippen molar-refractivity contribution in [3.8, 4) is 17.2 Å². The predicted molar refractivity (Wildman–Crippen MR) is 120 cm³/mol. The number of allylic oxidation sites excluding steroid dienone is 1. The fourth-order valence-corrected chi connectivity index (χ4v) is 4.67. The van der Waals surface area contributed by atoms with Crippen molar-refractivity contribution in [3.05, 3.63) is 29.3 Å². The summed E-state index contributed by atoms with van der Waals surface area (Å²) in [5.41, 5.74) is 2.63. The average molecular weight is 434 g/mol. The maximum absolute atomic E-state index is 12.3. The molecule has 0 atom stereocenters. The number of carbonyl (C=O) groups is 1. The van der Waals surface area contributed by atoms with Gasteiger partial charge in [-0.3, -0.25) is 4.79 Å². The van der Waals surface area contributed by atoms with Gasteiger partial charge in [0.25, 0.3) is 5.91 Å². The quantitative estimate of drug-likeness (QED) is 0.455. The molecule has 0 unspecified atom stereocenters. The van der Waals surface area contributed by atoms with Crippen LogP contribution in [0.2, 0.25) is 0 Å². The molecule has 1 fully saturated rings. The number of hydrogen-bond donors (Lipinski definition) is 3. The molecular weight excluding hydrogens is 394 g/mol. The third-order valence-electron chi connectivity index (χ3n) is 6.45. The van der Waals surface area contributed by atoms with Gasteiger partial charge in [-0.1, -0.05) is 11.6 Å². The summed E-state index contributed by atoms with van der Waals surface area (Å²) >= 11 is 0. The SMILES string of the molecule is COc1ccc(C[NH+]2CC[NH+](CC(=O)NCCC3=CCCCC3)CC2)c(OC)c1OC. The van der Waals surface area contributed by atoms with Gasteiger partial charge in [0.15, 0.2) is 18.0 Å². The Morgan fingerprint density at radius 3 is 2.35 bits per heavy atom. The van der Waals surface area contributed by atoms with E-state index in [4.69, 9.17) is 14.2 Å². The van der Waals surface area contributed by atoms with E-state index in [0.29, 0.717) is 18.0 Å². The number of quaternary nitrogens is 2. The maximum atomic E-state index is 12.3. The third kappa shape index (κ3) is 6.61. The first-order chi connectivity index (χ1) is 15.1. The van der Waals surface area contributed by atoms with Crippen LogP contribution < -0.4 is 29.3 Å². The number of piperazine rings is 1. The molecule has 0 spiro atoms. The number of hydrogen-bond acceptors (Lipinski definition) is 4. The van der Waals surface area contributed by atoms with Gasteiger partial charge < -0.3 is 29.3 Å². The molecule has 1 aliphatic carbocycles. The summed E-state index contributed by atoms with van der Waals surface area (Å²) in [6, 6.07) is 3.99. The molecule has 0 bridgehead atoms. The van der Waals surface area contributed by atoms with Gasteiger partial charge in [-0.15, -0.1) is 0 Å². The van der Waals surface area contributed by atoms with Crippen LogP contribution in [0.4, 0.5) is 0 Å². The smallest absolute Gasteiger partial charge is 0.275 e. The monoisotopic (exact) mass is 433 g/mol. The number of benzene rings is 1. The van der Waals surface area contributed by atoms with E-state index >= 15 is 0 Å².